The van der Waals surface area contributed by atoms with Gasteiger partial charge in [0.2, 0.25) is 5.91 Å². The maximum Gasteiger partial charge on any atom is 0.227 e. The van der Waals surface area contributed by atoms with E-state index in [4.69, 9.17) is 0 Å². The summed E-state index contributed by atoms with van der Waals surface area (Å²) in [5, 5.41) is 13.8. The molecule has 0 saturated carbocycles. The predicted octanol–water partition coefficient (Wildman–Crippen LogP) is 4.44. The minimum Gasteiger partial charge on any atom is -0.388 e. The van der Waals surface area contributed by atoms with E-state index >= 15 is 0 Å². The number of carbonyl (C=O) groups is 1. The van der Waals surface area contributed by atoms with Crippen LogP contribution in [0.25, 0.3) is 0 Å². The second-order valence-electron chi connectivity index (χ2n) is 6.29. The third kappa shape index (κ3) is 5.71. The Morgan fingerprint density at radius 2 is 1.41 bits per heavy atom. The van der Waals surface area contributed by atoms with Gasteiger partial charge in [0.15, 0.2) is 0 Å². The van der Waals surface area contributed by atoms with Gasteiger partial charge in [0, 0.05) is 17.2 Å². The van der Waals surface area contributed by atoms with Crippen LogP contribution in [0.1, 0.15) is 17.2 Å². The fourth-order valence-corrected chi connectivity index (χ4v) is 3.87. The van der Waals surface area contributed by atoms with Crippen LogP contribution < -0.4 is 5.32 Å². The molecule has 3 nitrogen and oxygen atoms in total. The average molecular weight is 378 g/mol. The van der Waals surface area contributed by atoms with Crippen LogP contribution in [0.15, 0.2) is 95.9 Å². The minimum absolute atomic E-state index is 0.140. The Kier molecular flexibility index (Phi) is 7.08. The summed E-state index contributed by atoms with van der Waals surface area (Å²) >= 11 is 1.58. The van der Waals surface area contributed by atoms with Crippen molar-refractivity contribution in [1.29, 1.82) is 0 Å². The molecule has 0 radical (unpaired) electrons. The third-order valence-electron chi connectivity index (χ3n) is 4.34. The fourth-order valence-electron chi connectivity index (χ4n) is 2.81. The van der Waals surface area contributed by atoms with Crippen molar-refractivity contribution in [3.05, 3.63) is 102 Å². The van der Waals surface area contributed by atoms with Crippen molar-refractivity contribution in [3.63, 3.8) is 0 Å². The van der Waals surface area contributed by atoms with Crippen molar-refractivity contribution < 1.29 is 9.90 Å². The molecule has 27 heavy (non-hydrogen) atoms. The van der Waals surface area contributed by atoms with Gasteiger partial charge in [-0.1, -0.05) is 78.9 Å². The molecule has 0 aliphatic heterocycles. The third-order valence-corrected chi connectivity index (χ3v) is 5.47. The number of aliphatic hydroxyl groups excluding tert-OH is 1. The lowest BCUT2D eigenvalue weighted by Crippen LogP contribution is -2.35. The first-order chi connectivity index (χ1) is 13.2. The summed E-state index contributed by atoms with van der Waals surface area (Å²) in [7, 11) is 0. The summed E-state index contributed by atoms with van der Waals surface area (Å²) in [5.41, 5.74) is 1.79. The Hall–Kier alpha value is -2.56. The van der Waals surface area contributed by atoms with E-state index in [0.717, 1.165) is 16.0 Å². The molecule has 3 aromatic rings. The van der Waals surface area contributed by atoms with Crippen LogP contribution in [0.4, 0.5) is 0 Å². The van der Waals surface area contributed by atoms with E-state index in [1.165, 1.54) is 0 Å². The van der Waals surface area contributed by atoms with E-state index in [9.17, 15) is 9.90 Å². The van der Waals surface area contributed by atoms with Crippen LogP contribution in [0.2, 0.25) is 0 Å². The number of aliphatic hydroxyl groups is 1. The van der Waals surface area contributed by atoms with Crippen LogP contribution in [-0.4, -0.2) is 16.8 Å². The molecule has 0 aromatic heterocycles. The highest BCUT2D eigenvalue weighted by atomic mass is 32.2. The largest absolute Gasteiger partial charge is 0.388 e. The Labute approximate surface area is 164 Å². The van der Waals surface area contributed by atoms with E-state index < -0.39 is 12.0 Å². The smallest absolute Gasteiger partial charge is 0.227 e. The van der Waals surface area contributed by atoms with E-state index in [-0.39, 0.29) is 5.91 Å². The number of amides is 1. The van der Waals surface area contributed by atoms with Crippen molar-refractivity contribution in [1.82, 2.24) is 5.32 Å². The van der Waals surface area contributed by atoms with Crippen LogP contribution in [-0.2, 0) is 11.3 Å². The number of hydrogen-bond donors (Lipinski definition) is 2. The zero-order chi connectivity index (χ0) is 18.9. The van der Waals surface area contributed by atoms with Crippen molar-refractivity contribution in [3.8, 4) is 0 Å². The van der Waals surface area contributed by atoms with Crippen molar-refractivity contribution in [2.24, 2.45) is 5.92 Å². The summed E-state index contributed by atoms with van der Waals surface area (Å²) in [4.78, 5) is 14.0. The minimum atomic E-state index is -0.849. The number of thioether (sulfide) groups is 1. The van der Waals surface area contributed by atoms with Gasteiger partial charge in [-0.3, -0.25) is 4.79 Å². The van der Waals surface area contributed by atoms with E-state index in [2.05, 4.69) is 5.32 Å². The number of hydrogen-bond acceptors (Lipinski definition) is 3. The molecule has 4 heteroatoms. The first-order valence-corrected chi connectivity index (χ1v) is 9.95. The SMILES string of the molecule is O=C(NCc1ccccc1)[C@H](CSc1ccccc1)[C@@H](O)c1ccccc1. The molecule has 1 amide bonds. The Morgan fingerprint density at radius 3 is 2.04 bits per heavy atom. The Morgan fingerprint density at radius 1 is 0.852 bits per heavy atom. The summed E-state index contributed by atoms with van der Waals surface area (Å²) in [5.74, 6) is -0.180. The number of nitrogens with one attached hydrogen (secondary N) is 1. The number of benzene rings is 3. The second-order valence-corrected chi connectivity index (χ2v) is 7.38. The molecule has 0 aliphatic rings. The maximum absolute atomic E-state index is 12.9. The van der Waals surface area contributed by atoms with Crippen molar-refractivity contribution in [2.75, 3.05) is 5.75 Å². The molecule has 2 atom stereocenters. The lowest BCUT2D eigenvalue weighted by molar-refractivity contribution is -0.127. The lowest BCUT2D eigenvalue weighted by atomic mass is 9.96. The molecule has 0 saturated heterocycles. The van der Waals surface area contributed by atoms with Gasteiger partial charge in [-0.25, -0.2) is 0 Å². The maximum atomic E-state index is 12.9. The molecule has 2 N–H and O–H groups in total. The van der Waals surface area contributed by atoms with Crippen LogP contribution in [0.3, 0.4) is 0 Å². The van der Waals surface area contributed by atoms with Gasteiger partial charge >= 0.3 is 0 Å². The normalized spacial score (nSPS) is 12.9. The van der Waals surface area contributed by atoms with Gasteiger partial charge in [0.25, 0.3) is 0 Å². The molecule has 0 heterocycles. The van der Waals surface area contributed by atoms with Crippen molar-refractivity contribution >= 4 is 17.7 Å². The monoisotopic (exact) mass is 377 g/mol. The second kappa shape index (κ2) is 9.95. The molecule has 0 spiro atoms. The topological polar surface area (TPSA) is 49.3 Å². The first kappa shape index (κ1) is 19.2. The summed E-state index contributed by atoms with van der Waals surface area (Å²) < 4.78 is 0. The van der Waals surface area contributed by atoms with Crippen LogP contribution in [0.5, 0.6) is 0 Å². The molecular weight excluding hydrogens is 354 g/mol. The van der Waals surface area contributed by atoms with E-state index in [1.807, 2.05) is 91.0 Å². The highest BCUT2D eigenvalue weighted by Gasteiger charge is 2.28. The van der Waals surface area contributed by atoms with Gasteiger partial charge < -0.3 is 10.4 Å². The number of carbonyl (C=O) groups excluding carboxylic acids is 1. The van der Waals surface area contributed by atoms with Gasteiger partial charge in [0.1, 0.15) is 0 Å². The standard InChI is InChI=1S/C23H23NO2S/c25-22(19-12-6-2-7-13-19)21(17-27-20-14-8-3-9-15-20)23(26)24-16-18-10-4-1-5-11-18/h1-15,21-22,25H,16-17H2,(H,24,26)/t21-,22+/m1/s1. The number of rotatable bonds is 8. The molecular formula is C23H23NO2S. The predicted molar refractivity (Wildman–Crippen MR) is 110 cm³/mol. The van der Waals surface area contributed by atoms with E-state index in [0.29, 0.717) is 12.3 Å². The van der Waals surface area contributed by atoms with Gasteiger partial charge in [-0.05, 0) is 23.3 Å². The average Bonchev–Trinajstić information content (AvgIpc) is 2.74. The Balaban J connectivity index is 1.70. The molecule has 138 valence electrons. The molecule has 0 aliphatic carbocycles. The lowest BCUT2D eigenvalue weighted by Gasteiger charge is -2.22. The Bertz CT molecular complexity index is 825. The summed E-state index contributed by atoms with van der Waals surface area (Å²) in [6.07, 6.45) is -0.849. The van der Waals surface area contributed by atoms with Crippen LogP contribution >= 0.6 is 11.8 Å². The quantitative estimate of drug-likeness (QED) is 0.571. The highest BCUT2D eigenvalue weighted by Crippen LogP contribution is 2.29. The van der Waals surface area contributed by atoms with Gasteiger partial charge in [-0.15, -0.1) is 11.8 Å². The van der Waals surface area contributed by atoms with E-state index in [1.54, 1.807) is 11.8 Å². The van der Waals surface area contributed by atoms with Crippen LogP contribution in [0, 0.1) is 5.92 Å². The summed E-state index contributed by atoms with van der Waals surface area (Å²) in [6.45, 7) is 0.452. The molecule has 3 aromatic carbocycles. The van der Waals surface area contributed by atoms with Gasteiger partial charge in [-0.2, -0.15) is 0 Å². The summed E-state index contributed by atoms with van der Waals surface area (Å²) in [6, 6.07) is 29.1. The fraction of sp³-hybridized carbons (Fsp3) is 0.174. The molecule has 0 unspecified atom stereocenters. The zero-order valence-electron chi connectivity index (χ0n) is 15.0. The highest BCUT2D eigenvalue weighted by molar-refractivity contribution is 7.99. The molecule has 0 bridgehead atoms. The molecule has 3 rings (SSSR count). The molecule has 0 fully saturated rings. The first-order valence-electron chi connectivity index (χ1n) is 8.96. The van der Waals surface area contributed by atoms with Crippen molar-refractivity contribution in [2.45, 2.75) is 17.5 Å². The van der Waals surface area contributed by atoms with Gasteiger partial charge in [0.05, 0.1) is 12.0 Å². The zero-order valence-corrected chi connectivity index (χ0v) is 15.8.